The van der Waals surface area contributed by atoms with E-state index in [2.05, 4.69) is 5.32 Å². The SMILES string of the molecule is O=C(O)c1sc2c(ccc(=O)n2-c2ccccc2)c1Nc1ccccc1. The fourth-order valence-electron chi connectivity index (χ4n) is 2.84. The molecule has 0 radical (unpaired) electrons. The average Bonchev–Trinajstić information content (AvgIpc) is 3.02. The second kappa shape index (κ2) is 6.50. The third-order valence-corrected chi connectivity index (χ3v) is 5.17. The molecule has 128 valence electrons. The minimum atomic E-state index is -1.03. The van der Waals surface area contributed by atoms with Gasteiger partial charge in [0.05, 0.1) is 11.4 Å². The summed E-state index contributed by atoms with van der Waals surface area (Å²) >= 11 is 1.09. The first-order chi connectivity index (χ1) is 12.6. The summed E-state index contributed by atoms with van der Waals surface area (Å²) in [6.07, 6.45) is 0. The van der Waals surface area contributed by atoms with Crippen molar-refractivity contribution in [3.63, 3.8) is 0 Å². The first kappa shape index (κ1) is 16.1. The van der Waals surface area contributed by atoms with Crippen molar-refractivity contribution in [1.82, 2.24) is 4.57 Å². The number of hydrogen-bond donors (Lipinski definition) is 2. The van der Waals surface area contributed by atoms with Crippen molar-refractivity contribution < 1.29 is 9.90 Å². The van der Waals surface area contributed by atoms with E-state index >= 15 is 0 Å². The van der Waals surface area contributed by atoms with Gasteiger partial charge in [0.1, 0.15) is 9.71 Å². The summed E-state index contributed by atoms with van der Waals surface area (Å²) in [5.74, 6) is -1.03. The predicted molar refractivity (Wildman–Crippen MR) is 104 cm³/mol. The number of rotatable bonds is 4. The Labute approximate surface area is 152 Å². The number of nitrogens with one attached hydrogen (secondary N) is 1. The van der Waals surface area contributed by atoms with Gasteiger partial charge in [0, 0.05) is 17.1 Å². The zero-order valence-electron chi connectivity index (χ0n) is 13.5. The van der Waals surface area contributed by atoms with Gasteiger partial charge in [-0.1, -0.05) is 36.4 Å². The number of carboxylic acid groups (broad SMARTS) is 1. The lowest BCUT2D eigenvalue weighted by Gasteiger charge is -2.09. The van der Waals surface area contributed by atoms with Gasteiger partial charge in [-0.25, -0.2) is 4.79 Å². The molecule has 0 amide bonds. The van der Waals surface area contributed by atoms with Crippen LogP contribution in [0.3, 0.4) is 0 Å². The van der Waals surface area contributed by atoms with E-state index in [1.807, 2.05) is 60.7 Å². The van der Waals surface area contributed by atoms with Crippen molar-refractivity contribution in [2.45, 2.75) is 0 Å². The summed E-state index contributed by atoms with van der Waals surface area (Å²) in [7, 11) is 0. The van der Waals surface area contributed by atoms with Crippen molar-refractivity contribution in [1.29, 1.82) is 0 Å². The zero-order chi connectivity index (χ0) is 18.1. The first-order valence-electron chi connectivity index (χ1n) is 7.94. The molecule has 0 aliphatic heterocycles. The molecule has 0 saturated carbocycles. The highest BCUT2D eigenvalue weighted by Crippen LogP contribution is 2.37. The Bertz CT molecular complexity index is 1150. The Kier molecular flexibility index (Phi) is 4.02. The monoisotopic (exact) mass is 362 g/mol. The summed E-state index contributed by atoms with van der Waals surface area (Å²) in [5.41, 5.74) is 1.78. The van der Waals surface area contributed by atoms with Crippen LogP contribution < -0.4 is 10.9 Å². The van der Waals surface area contributed by atoms with Crippen molar-refractivity contribution in [3.8, 4) is 5.69 Å². The predicted octanol–water partition coefficient (Wildman–Crippen LogP) is 4.49. The topological polar surface area (TPSA) is 71.3 Å². The van der Waals surface area contributed by atoms with Crippen LogP contribution in [0.5, 0.6) is 0 Å². The highest BCUT2D eigenvalue weighted by molar-refractivity contribution is 7.21. The smallest absolute Gasteiger partial charge is 0.348 e. The average molecular weight is 362 g/mol. The molecule has 4 aromatic rings. The lowest BCUT2D eigenvalue weighted by Crippen LogP contribution is -2.16. The maximum Gasteiger partial charge on any atom is 0.348 e. The number of aromatic carboxylic acids is 1. The standard InChI is InChI=1S/C20H14N2O3S/c23-16-12-11-15-17(21-13-7-3-1-4-8-13)18(20(24)25)26-19(15)22(16)14-9-5-2-6-10-14/h1-12,21H,(H,24,25). The Morgan fingerprint density at radius 2 is 1.58 bits per heavy atom. The van der Waals surface area contributed by atoms with Crippen LogP contribution in [0.25, 0.3) is 15.9 Å². The van der Waals surface area contributed by atoms with Gasteiger partial charge in [0.15, 0.2) is 0 Å². The Morgan fingerprint density at radius 3 is 2.23 bits per heavy atom. The molecule has 2 aromatic heterocycles. The molecule has 2 N–H and O–H groups in total. The van der Waals surface area contributed by atoms with Crippen LogP contribution in [0, 0.1) is 0 Å². The van der Waals surface area contributed by atoms with Crippen LogP contribution in [-0.4, -0.2) is 15.6 Å². The Balaban J connectivity index is 1.99. The fourth-order valence-corrected chi connectivity index (χ4v) is 3.95. The molecule has 4 rings (SSSR count). The normalized spacial score (nSPS) is 10.8. The molecule has 0 spiro atoms. The fraction of sp³-hybridized carbons (Fsp3) is 0. The van der Waals surface area contributed by atoms with Crippen LogP contribution in [0.4, 0.5) is 11.4 Å². The van der Waals surface area contributed by atoms with E-state index in [1.54, 1.807) is 10.6 Å². The summed E-state index contributed by atoms with van der Waals surface area (Å²) in [6.45, 7) is 0. The maximum absolute atomic E-state index is 12.5. The Morgan fingerprint density at radius 1 is 0.923 bits per heavy atom. The van der Waals surface area contributed by atoms with Crippen molar-refractivity contribution in [2.24, 2.45) is 0 Å². The number of carbonyl (C=O) groups is 1. The van der Waals surface area contributed by atoms with Gasteiger partial charge >= 0.3 is 5.97 Å². The molecule has 6 heteroatoms. The molecule has 0 aliphatic carbocycles. The van der Waals surface area contributed by atoms with Crippen LogP contribution in [0.15, 0.2) is 77.6 Å². The highest BCUT2D eigenvalue weighted by Gasteiger charge is 2.21. The number of benzene rings is 2. The largest absolute Gasteiger partial charge is 0.477 e. The van der Waals surface area contributed by atoms with Gasteiger partial charge in [0.2, 0.25) is 0 Å². The summed E-state index contributed by atoms with van der Waals surface area (Å²) in [4.78, 5) is 25.0. The van der Waals surface area contributed by atoms with Crippen LogP contribution in [0.1, 0.15) is 9.67 Å². The first-order valence-corrected chi connectivity index (χ1v) is 8.76. The summed E-state index contributed by atoms with van der Waals surface area (Å²) in [5, 5.41) is 13.5. The molecule has 2 aromatic carbocycles. The van der Waals surface area contributed by atoms with E-state index in [-0.39, 0.29) is 10.4 Å². The molecule has 26 heavy (non-hydrogen) atoms. The third kappa shape index (κ3) is 2.76. The minimum absolute atomic E-state index is 0.166. The molecule has 0 bridgehead atoms. The summed E-state index contributed by atoms with van der Waals surface area (Å²) < 4.78 is 1.54. The molecule has 5 nitrogen and oxygen atoms in total. The van der Waals surface area contributed by atoms with Gasteiger partial charge in [0.25, 0.3) is 5.56 Å². The Hall–Kier alpha value is -3.38. The van der Waals surface area contributed by atoms with Crippen LogP contribution in [-0.2, 0) is 0 Å². The van der Waals surface area contributed by atoms with Gasteiger partial charge in [-0.2, -0.15) is 0 Å². The lowest BCUT2D eigenvalue weighted by atomic mass is 10.2. The van der Waals surface area contributed by atoms with Crippen molar-refractivity contribution in [3.05, 3.63) is 88.0 Å². The number of fused-ring (bicyclic) bond motifs is 1. The quantitative estimate of drug-likeness (QED) is 0.561. The molecule has 0 saturated heterocycles. The molecular formula is C20H14N2O3S. The number of nitrogens with zero attached hydrogens (tertiary/aromatic N) is 1. The highest BCUT2D eigenvalue weighted by atomic mass is 32.1. The van der Waals surface area contributed by atoms with Crippen molar-refractivity contribution in [2.75, 3.05) is 5.32 Å². The van der Waals surface area contributed by atoms with E-state index in [9.17, 15) is 14.7 Å². The van der Waals surface area contributed by atoms with E-state index < -0.39 is 5.97 Å². The number of anilines is 2. The number of para-hydroxylation sites is 2. The number of pyridine rings is 1. The molecular weight excluding hydrogens is 348 g/mol. The molecule has 0 fully saturated rings. The van der Waals surface area contributed by atoms with Crippen LogP contribution in [0.2, 0.25) is 0 Å². The maximum atomic E-state index is 12.5. The van der Waals surface area contributed by atoms with Gasteiger partial charge in [-0.05, 0) is 30.3 Å². The molecule has 0 aliphatic rings. The molecule has 0 atom stereocenters. The van der Waals surface area contributed by atoms with E-state index in [4.69, 9.17) is 0 Å². The van der Waals surface area contributed by atoms with Crippen LogP contribution >= 0.6 is 11.3 Å². The van der Waals surface area contributed by atoms with Gasteiger partial charge < -0.3 is 10.4 Å². The third-order valence-electron chi connectivity index (χ3n) is 3.99. The zero-order valence-corrected chi connectivity index (χ0v) is 14.4. The van der Waals surface area contributed by atoms with Gasteiger partial charge in [-0.15, -0.1) is 11.3 Å². The summed E-state index contributed by atoms with van der Waals surface area (Å²) in [6, 6.07) is 21.7. The number of thiophene rings is 1. The van der Waals surface area contributed by atoms with E-state index in [0.29, 0.717) is 21.6 Å². The van der Waals surface area contributed by atoms with Crippen molar-refractivity contribution >= 4 is 38.9 Å². The number of aromatic nitrogens is 1. The molecule has 0 unspecified atom stereocenters. The van der Waals surface area contributed by atoms with E-state index in [1.165, 1.54) is 6.07 Å². The second-order valence-corrected chi connectivity index (χ2v) is 6.66. The molecule has 2 heterocycles. The van der Waals surface area contributed by atoms with Gasteiger partial charge in [-0.3, -0.25) is 9.36 Å². The minimum Gasteiger partial charge on any atom is -0.477 e. The second-order valence-electron chi connectivity index (χ2n) is 5.66. The number of hydrogen-bond acceptors (Lipinski definition) is 4. The number of carboxylic acids is 1. The lowest BCUT2D eigenvalue weighted by molar-refractivity contribution is 0.0703. The van der Waals surface area contributed by atoms with E-state index in [0.717, 1.165) is 17.0 Å².